The molecule has 0 aromatic heterocycles. The van der Waals surface area contributed by atoms with Gasteiger partial charge in [-0.15, -0.1) is 0 Å². The smallest absolute Gasteiger partial charge is 0.116 e. The Kier molecular flexibility index (Phi) is 3.99. The molecule has 0 aliphatic carbocycles. The molecule has 90 valence electrons. The first-order valence-electron chi connectivity index (χ1n) is 5.98. The Morgan fingerprint density at radius 3 is 3.12 bits per heavy atom. The van der Waals surface area contributed by atoms with E-state index in [4.69, 9.17) is 4.74 Å². The van der Waals surface area contributed by atoms with Crippen LogP contribution in [0.4, 0.5) is 0 Å². The molecule has 2 nitrogen and oxygen atoms in total. The molecule has 0 spiro atoms. The quantitative estimate of drug-likeness (QED) is 0.802. The Bertz CT molecular complexity index is 432. The van der Waals surface area contributed by atoms with Gasteiger partial charge in [-0.3, -0.25) is 0 Å². The van der Waals surface area contributed by atoms with E-state index in [1.54, 1.807) is 12.1 Å². The molecule has 0 saturated heterocycles. The first kappa shape index (κ1) is 11.9. The van der Waals surface area contributed by atoms with Crippen LogP contribution in [0.25, 0.3) is 6.08 Å². The number of phenols is 1. The van der Waals surface area contributed by atoms with Gasteiger partial charge in [-0.25, -0.2) is 0 Å². The van der Waals surface area contributed by atoms with Crippen LogP contribution in [-0.4, -0.2) is 17.8 Å². The molecule has 0 amide bonds. The van der Waals surface area contributed by atoms with Crippen LogP contribution in [0.1, 0.15) is 25.3 Å². The van der Waals surface area contributed by atoms with E-state index in [1.807, 2.05) is 12.1 Å². The first-order valence-corrected chi connectivity index (χ1v) is 5.98. The van der Waals surface area contributed by atoms with Gasteiger partial charge in [0.1, 0.15) is 5.75 Å². The van der Waals surface area contributed by atoms with Gasteiger partial charge in [-0.1, -0.05) is 35.9 Å². The average molecular weight is 230 g/mol. The zero-order chi connectivity index (χ0) is 12.1. The highest BCUT2D eigenvalue weighted by molar-refractivity contribution is 5.54. The third-order valence-electron chi connectivity index (χ3n) is 2.86. The molecule has 1 heterocycles. The van der Waals surface area contributed by atoms with E-state index in [0.717, 1.165) is 25.0 Å². The van der Waals surface area contributed by atoms with Crippen LogP contribution < -0.4 is 0 Å². The Morgan fingerprint density at radius 2 is 2.41 bits per heavy atom. The van der Waals surface area contributed by atoms with Crippen LogP contribution in [0.2, 0.25) is 0 Å². The maximum atomic E-state index is 9.37. The number of aromatic hydroxyl groups is 1. The van der Waals surface area contributed by atoms with Gasteiger partial charge >= 0.3 is 0 Å². The molecule has 0 radical (unpaired) electrons. The standard InChI is InChI=1S/C15H18O2/c1-12(7-8-15-6-3-9-17-15)10-13-4-2-5-14(16)11-13/h2-6,10-11,15-16H,7-9H2,1H3/b12-10+/t15-/m0/s1. The van der Waals surface area contributed by atoms with Crippen LogP contribution >= 0.6 is 0 Å². The zero-order valence-corrected chi connectivity index (χ0v) is 10.1. The average Bonchev–Trinajstić information content (AvgIpc) is 2.79. The summed E-state index contributed by atoms with van der Waals surface area (Å²) in [5.74, 6) is 0.314. The molecule has 2 rings (SSSR count). The number of phenolic OH excluding ortho intramolecular Hbond substituents is 1. The largest absolute Gasteiger partial charge is 0.508 e. The van der Waals surface area contributed by atoms with Crippen molar-refractivity contribution in [2.45, 2.75) is 25.9 Å². The molecule has 1 aliphatic heterocycles. The van der Waals surface area contributed by atoms with Crippen LogP contribution in [0.5, 0.6) is 5.75 Å². The van der Waals surface area contributed by atoms with Crippen molar-refractivity contribution in [3.05, 3.63) is 47.6 Å². The number of hydrogen-bond donors (Lipinski definition) is 1. The minimum atomic E-state index is 0.280. The van der Waals surface area contributed by atoms with Gasteiger partial charge in [-0.2, -0.15) is 0 Å². The third kappa shape index (κ3) is 3.75. The second-order valence-electron chi connectivity index (χ2n) is 4.42. The molecule has 1 aromatic rings. The van der Waals surface area contributed by atoms with Gasteiger partial charge in [0, 0.05) is 0 Å². The minimum Gasteiger partial charge on any atom is -0.508 e. The molecule has 0 bridgehead atoms. The molecule has 0 fully saturated rings. The Labute approximate surface area is 102 Å². The summed E-state index contributed by atoms with van der Waals surface area (Å²) in [5, 5.41) is 9.37. The van der Waals surface area contributed by atoms with Crippen molar-refractivity contribution in [3.8, 4) is 5.75 Å². The van der Waals surface area contributed by atoms with E-state index < -0.39 is 0 Å². The fourth-order valence-corrected chi connectivity index (χ4v) is 1.96. The summed E-state index contributed by atoms with van der Waals surface area (Å²) < 4.78 is 5.49. The van der Waals surface area contributed by atoms with Crippen LogP contribution in [0, 0.1) is 0 Å². The lowest BCUT2D eigenvalue weighted by Crippen LogP contribution is -2.03. The number of allylic oxidation sites excluding steroid dienone is 1. The fourth-order valence-electron chi connectivity index (χ4n) is 1.96. The van der Waals surface area contributed by atoms with Gasteiger partial charge in [0.15, 0.2) is 0 Å². The Balaban J connectivity index is 1.90. The van der Waals surface area contributed by atoms with E-state index in [0.29, 0.717) is 5.75 Å². The van der Waals surface area contributed by atoms with Gasteiger partial charge in [0.2, 0.25) is 0 Å². The molecule has 1 aliphatic rings. The van der Waals surface area contributed by atoms with Crippen LogP contribution in [0.15, 0.2) is 42.0 Å². The second kappa shape index (κ2) is 5.69. The predicted octanol–water partition coefficient (Wildman–Crippen LogP) is 3.53. The normalized spacial score (nSPS) is 19.8. The van der Waals surface area contributed by atoms with Gasteiger partial charge in [0.05, 0.1) is 12.7 Å². The molecule has 1 N–H and O–H groups in total. The minimum absolute atomic E-state index is 0.280. The summed E-state index contributed by atoms with van der Waals surface area (Å²) in [6, 6.07) is 7.31. The summed E-state index contributed by atoms with van der Waals surface area (Å²) in [5.41, 5.74) is 2.35. The summed E-state index contributed by atoms with van der Waals surface area (Å²) in [6.07, 6.45) is 8.63. The zero-order valence-electron chi connectivity index (χ0n) is 10.1. The van der Waals surface area contributed by atoms with E-state index in [-0.39, 0.29) is 6.10 Å². The van der Waals surface area contributed by atoms with E-state index in [9.17, 15) is 5.11 Å². The van der Waals surface area contributed by atoms with Crippen molar-refractivity contribution in [2.24, 2.45) is 0 Å². The highest BCUT2D eigenvalue weighted by Gasteiger charge is 2.08. The van der Waals surface area contributed by atoms with Gasteiger partial charge < -0.3 is 9.84 Å². The number of rotatable bonds is 4. The molecule has 1 aromatic carbocycles. The molecular weight excluding hydrogens is 212 g/mol. The van der Waals surface area contributed by atoms with Gasteiger partial charge in [-0.05, 0) is 37.5 Å². The summed E-state index contributed by atoms with van der Waals surface area (Å²) in [7, 11) is 0. The predicted molar refractivity (Wildman–Crippen MR) is 69.9 cm³/mol. The Morgan fingerprint density at radius 1 is 1.53 bits per heavy atom. The monoisotopic (exact) mass is 230 g/mol. The summed E-state index contributed by atoms with van der Waals surface area (Å²) in [4.78, 5) is 0. The van der Waals surface area contributed by atoms with E-state index in [1.165, 1.54) is 5.57 Å². The lowest BCUT2D eigenvalue weighted by Gasteiger charge is -2.08. The van der Waals surface area contributed by atoms with E-state index >= 15 is 0 Å². The summed E-state index contributed by atoms with van der Waals surface area (Å²) in [6.45, 7) is 2.86. The van der Waals surface area contributed by atoms with E-state index in [2.05, 4.69) is 25.2 Å². The molecule has 1 atom stereocenters. The number of ether oxygens (including phenoxy) is 1. The maximum Gasteiger partial charge on any atom is 0.116 e. The highest BCUT2D eigenvalue weighted by Crippen LogP contribution is 2.18. The topological polar surface area (TPSA) is 29.5 Å². The molecule has 2 heteroatoms. The van der Waals surface area contributed by atoms with Crippen molar-refractivity contribution in [3.63, 3.8) is 0 Å². The second-order valence-corrected chi connectivity index (χ2v) is 4.42. The molecular formula is C15H18O2. The maximum absolute atomic E-state index is 9.37. The molecule has 17 heavy (non-hydrogen) atoms. The van der Waals surface area contributed by atoms with Gasteiger partial charge in [0.25, 0.3) is 0 Å². The molecule has 0 unspecified atom stereocenters. The van der Waals surface area contributed by atoms with Crippen molar-refractivity contribution in [1.29, 1.82) is 0 Å². The van der Waals surface area contributed by atoms with Crippen molar-refractivity contribution >= 4 is 6.08 Å². The number of benzene rings is 1. The third-order valence-corrected chi connectivity index (χ3v) is 2.86. The highest BCUT2D eigenvalue weighted by atomic mass is 16.5. The lowest BCUT2D eigenvalue weighted by molar-refractivity contribution is 0.122. The molecule has 0 saturated carbocycles. The lowest BCUT2D eigenvalue weighted by atomic mass is 10.1. The van der Waals surface area contributed by atoms with Crippen molar-refractivity contribution < 1.29 is 9.84 Å². The van der Waals surface area contributed by atoms with Crippen molar-refractivity contribution in [1.82, 2.24) is 0 Å². The van der Waals surface area contributed by atoms with Crippen LogP contribution in [0.3, 0.4) is 0 Å². The number of hydrogen-bond acceptors (Lipinski definition) is 2. The van der Waals surface area contributed by atoms with Crippen LogP contribution in [-0.2, 0) is 4.74 Å². The van der Waals surface area contributed by atoms with Crippen molar-refractivity contribution in [2.75, 3.05) is 6.61 Å². The summed E-state index contributed by atoms with van der Waals surface area (Å²) >= 11 is 0. The first-order chi connectivity index (χ1) is 8.24. The Hall–Kier alpha value is -1.54. The SMILES string of the molecule is C/C(=C\c1cccc(O)c1)CC[C@@H]1C=CCO1. The fraction of sp³-hybridized carbons (Fsp3) is 0.333.